The van der Waals surface area contributed by atoms with Crippen molar-refractivity contribution in [2.24, 2.45) is 0 Å². The van der Waals surface area contributed by atoms with Gasteiger partial charge in [0, 0.05) is 21.2 Å². The summed E-state index contributed by atoms with van der Waals surface area (Å²) in [5.74, 6) is 2.80. The summed E-state index contributed by atoms with van der Waals surface area (Å²) in [6, 6.07) is 21.9. The highest BCUT2D eigenvalue weighted by Gasteiger charge is 2.24. The molecule has 0 radical (unpaired) electrons. The molecule has 0 aliphatic carbocycles. The van der Waals surface area contributed by atoms with Crippen molar-refractivity contribution >= 4 is 54.0 Å². The predicted molar refractivity (Wildman–Crippen MR) is 143 cm³/mol. The maximum absolute atomic E-state index is 6.23. The molecule has 1 aliphatic rings. The molecule has 5 nitrogen and oxygen atoms in total. The molecule has 35 heavy (non-hydrogen) atoms. The lowest BCUT2D eigenvalue weighted by Gasteiger charge is -2.17. The molecule has 3 aromatic heterocycles. The summed E-state index contributed by atoms with van der Waals surface area (Å²) in [5.41, 5.74) is 6.48. The van der Waals surface area contributed by atoms with Crippen LogP contribution in [0, 0.1) is 13.8 Å². The fourth-order valence-corrected chi connectivity index (χ4v) is 6.66. The van der Waals surface area contributed by atoms with Crippen LogP contribution >= 0.6 is 11.3 Å². The van der Waals surface area contributed by atoms with E-state index < -0.39 is 0 Å². The summed E-state index contributed by atoms with van der Waals surface area (Å²) in [4.78, 5) is 17.5. The van der Waals surface area contributed by atoms with Crippen LogP contribution in [0.1, 0.15) is 17.3 Å². The van der Waals surface area contributed by atoms with Crippen LogP contribution in [-0.4, -0.2) is 19.9 Å². The fourth-order valence-electron chi connectivity index (χ4n) is 5.51. The van der Waals surface area contributed by atoms with E-state index in [1.165, 1.54) is 42.1 Å². The van der Waals surface area contributed by atoms with E-state index in [1.807, 2.05) is 13.8 Å². The molecule has 0 spiro atoms. The first-order valence-electron chi connectivity index (χ1n) is 11.7. The fraction of sp³-hybridized carbons (Fsp3) is 0.103. The summed E-state index contributed by atoms with van der Waals surface area (Å²) in [6.07, 6.45) is 0. The second-order valence-electron chi connectivity index (χ2n) is 9.26. The average molecular weight is 473 g/mol. The van der Waals surface area contributed by atoms with Crippen LogP contribution in [0.25, 0.3) is 64.4 Å². The van der Waals surface area contributed by atoms with Crippen LogP contribution in [0.5, 0.6) is 5.75 Å². The molecule has 4 heterocycles. The average Bonchev–Trinajstić information content (AvgIpc) is 3.59. The number of thiophene rings is 1. The number of benzene rings is 4. The third kappa shape index (κ3) is 2.63. The quantitative estimate of drug-likeness (QED) is 0.241. The maximum Gasteiger partial charge on any atom is 0.147 e. The summed E-state index contributed by atoms with van der Waals surface area (Å²) in [5, 5.41) is 6.05. The molecule has 0 saturated carbocycles. The highest BCUT2D eigenvalue weighted by Crippen LogP contribution is 2.47. The number of rotatable bonds is 1. The summed E-state index contributed by atoms with van der Waals surface area (Å²) in [6.45, 7) is 4.53. The third-order valence-corrected chi connectivity index (χ3v) is 8.22. The lowest BCUT2D eigenvalue weighted by Crippen LogP contribution is -2.05. The predicted octanol–water partition coefficient (Wildman–Crippen LogP) is 7.65. The highest BCUT2D eigenvalue weighted by atomic mass is 32.1. The van der Waals surface area contributed by atoms with Crippen molar-refractivity contribution in [3.8, 4) is 27.4 Å². The zero-order valence-electron chi connectivity index (χ0n) is 19.2. The van der Waals surface area contributed by atoms with Gasteiger partial charge in [-0.25, -0.2) is 9.97 Å². The Hall–Kier alpha value is -4.16. The summed E-state index contributed by atoms with van der Waals surface area (Å²) < 4.78 is 7.41. The van der Waals surface area contributed by atoms with E-state index in [2.05, 4.69) is 70.6 Å². The first-order chi connectivity index (χ1) is 17.1. The number of fused-ring (bicyclic) bond motifs is 11. The molecule has 0 saturated heterocycles. The Morgan fingerprint density at radius 3 is 2.60 bits per heavy atom. The summed E-state index contributed by atoms with van der Waals surface area (Å²) >= 11 is 1.79. The Morgan fingerprint density at radius 2 is 1.69 bits per heavy atom. The van der Waals surface area contributed by atoms with E-state index in [1.54, 1.807) is 11.3 Å². The van der Waals surface area contributed by atoms with Gasteiger partial charge in [-0.3, -0.25) is 0 Å². The Labute approximate surface area is 204 Å². The van der Waals surface area contributed by atoms with Crippen molar-refractivity contribution in [1.82, 2.24) is 19.9 Å². The first-order valence-corrected chi connectivity index (χ1v) is 12.5. The van der Waals surface area contributed by atoms with Crippen molar-refractivity contribution in [1.29, 1.82) is 0 Å². The number of aromatic amines is 2. The second-order valence-corrected chi connectivity index (χ2v) is 10.3. The van der Waals surface area contributed by atoms with Gasteiger partial charge in [0.05, 0.1) is 27.1 Å². The molecule has 7 aromatic rings. The summed E-state index contributed by atoms with van der Waals surface area (Å²) in [7, 11) is 0. The van der Waals surface area contributed by atoms with E-state index in [4.69, 9.17) is 14.7 Å². The van der Waals surface area contributed by atoms with Crippen LogP contribution in [0.15, 0.2) is 60.7 Å². The number of hydrogen-bond acceptors (Lipinski definition) is 4. The lowest BCUT2D eigenvalue weighted by atomic mass is 9.97. The maximum atomic E-state index is 6.23. The van der Waals surface area contributed by atoms with Crippen molar-refractivity contribution < 1.29 is 4.74 Å². The SMILES string of the molecule is Cc1nc2c([nH]1)COc1c-2ccc2cc(-c3ccc4c(c3)c3ccccc3c3nc(C)[nH]c43)sc12. The smallest absolute Gasteiger partial charge is 0.147 e. The van der Waals surface area contributed by atoms with Gasteiger partial charge in [0.25, 0.3) is 0 Å². The molecule has 4 aromatic carbocycles. The van der Waals surface area contributed by atoms with Gasteiger partial charge in [0.15, 0.2) is 0 Å². The highest BCUT2D eigenvalue weighted by molar-refractivity contribution is 7.22. The van der Waals surface area contributed by atoms with Crippen LogP contribution in [0.4, 0.5) is 0 Å². The van der Waals surface area contributed by atoms with Gasteiger partial charge in [-0.05, 0) is 53.8 Å². The van der Waals surface area contributed by atoms with Crippen LogP contribution in [-0.2, 0) is 6.61 Å². The number of nitrogens with one attached hydrogen (secondary N) is 2. The zero-order chi connectivity index (χ0) is 23.3. The standard InChI is InChI=1S/C29H20N4OS/c1-14-30-23-13-34-28-21(25(23)31-14)10-8-17-12-24(35-29(17)28)16-7-9-20-22(11-16)18-5-3-4-6-19(18)26-27(20)33-15(2)32-26/h3-12H,13H2,1-2H3,(H,30,31)(H,32,33). The minimum atomic E-state index is 0.525. The molecule has 0 atom stereocenters. The lowest BCUT2D eigenvalue weighted by molar-refractivity contribution is 0.302. The molecule has 2 N–H and O–H groups in total. The van der Waals surface area contributed by atoms with Gasteiger partial charge >= 0.3 is 0 Å². The van der Waals surface area contributed by atoms with Gasteiger partial charge in [-0.1, -0.05) is 42.5 Å². The topological polar surface area (TPSA) is 66.6 Å². The molecule has 0 unspecified atom stereocenters. The normalized spacial score (nSPS) is 13.0. The van der Waals surface area contributed by atoms with Crippen molar-refractivity contribution in [3.63, 3.8) is 0 Å². The van der Waals surface area contributed by atoms with E-state index >= 15 is 0 Å². The van der Waals surface area contributed by atoms with Crippen LogP contribution in [0.2, 0.25) is 0 Å². The van der Waals surface area contributed by atoms with Gasteiger partial charge in [0.1, 0.15) is 24.0 Å². The van der Waals surface area contributed by atoms with E-state index in [0.717, 1.165) is 45.4 Å². The van der Waals surface area contributed by atoms with Gasteiger partial charge in [0.2, 0.25) is 0 Å². The van der Waals surface area contributed by atoms with Gasteiger partial charge in [-0.15, -0.1) is 11.3 Å². The van der Waals surface area contributed by atoms with Gasteiger partial charge in [-0.2, -0.15) is 0 Å². The number of hydrogen-bond donors (Lipinski definition) is 2. The number of nitrogens with zero attached hydrogens (tertiary/aromatic N) is 2. The van der Waals surface area contributed by atoms with Crippen molar-refractivity contribution in [3.05, 3.63) is 78.0 Å². The van der Waals surface area contributed by atoms with Crippen LogP contribution in [0.3, 0.4) is 0 Å². The second kappa shape index (κ2) is 6.71. The zero-order valence-corrected chi connectivity index (χ0v) is 20.0. The number of ether oxygens (including phenoxy) is 1. The van der Waals surface area contributed by atoms with E-state index in [9.17, 15) is 0 Å². The van der Waals surface area contributed by atoms with Gasteiger partial charge < -0.3 is 14.7 Å². The number of imidazole rings is 2. The monoisotopic (exact) mass is 472 g/mol. The first kappa shape index (κ1) is 19.2. The molecular formula is C29H20N4OS. The molecule has 0 bridgehead atoms. The van der Waals surface area contributed by atoms with E-state index in [0.29, 0.717) is 6.61 Å². The minimum Gasteiger partial charge on any atom is -0.485 e. The molecular weight excluding hydrogens is 452 g/mol. The Morgan fingerprint density at radius 1 is 0.829 bits per heavy atom. The molecule has 1 aliphatic heterocycles. The Bertz CT molecular complexity index is 1990. The van der Waals surface area contributed by atoms with Crippen LogP contribution < -0.4 is 4.74 Å². The largest absolute Gasteiger partial charge is 0.485 e. The Kier molecular flexibility index (Phi) is 3.67. The molecule has 8 rings (SSSR count). The minimum absolute atomic E-state index is 0.525. The molecule has 6 heteroatoms. The molecule has 0 fully saturated rings. The number of aromatic nitrogens is 4. The number of H-pyrrole nitrogens is 2. The molecule has 0 amide bonds. The number of aryl methyl sites for hydroxylation is 2. The van der Waals surface area contributed by atoms with Crippen molar-refractivity contribution in [2.45, 2.75) is 20.5 Å². The third-order valence-electron chi connectivity index (χ3n) is 7.02. The van der Waals surface area contributed by atoms with E-state index in [-0.39, 0.29) is 0 Å². The van der Waals surface area contributed by atoms with Crippen molar-refractivity contribution in [2.75, 3.05) is 0 Å². The Balaban J connectivity index is 1.36. The molecule has 168 valence electrons.